The van der Waals surface area contributed by atoms with Crippen LogP contribution in [0, 0.1) is 5.92 Å². The van der Waals surface area contributed by atoms with E-state index in [-0.39, 0.29) is 23.6 Å². The van der Waals surface area contributed by atoms with E-state index in [1.165, 1.54) is 13.0 Å². The molecule has 0 aromatic heterocycles. The molecule has 0 radical (unpaired) electrons. The molecule has 22 heavy (non-hydrogen) atoms. The predicted molar refractivity (Wildman–Crippen MR) is 80.4 cm³/mol. The van der Waals surface area contributed by atoms with Crippen molar-refractivity contribution in [2.45, 2.75) is 25.9 Å². The number of phenols is 1. The Bertz CT molecular complexity index is 590. The van der Waals surface area contributed by atoms with Gasteiger partial charge in [0.2, 0.25) is 5.78 Å². The van der Waals surface area contributed by atoms with Crippen LogP contribution in [-0.4, -0.2) is 53.6 Å². The van der Waals surface area contributed by atoms with Crippen molar-refractivity contribution < 1.29 is 23.9 Å². The summed E-state index contributed by atoms with van der Waals surface area (Å²) in [5, 5.41) is 9.52. The number of Topliss-reactive ketones (excluding diaryl/α,β-unsaturated/α-hetero) is 1. The molecule has 0 spiro atoms. The maximum atomic E-state index is 12.5. The Morgan fingerprint density at radius 3 is 2.68 bits per heavy atom. The lowest BCUT2D eigenvalue weighted by molar-refractivity contribution is -0.938. The van der Waals surface area contributed by atoms with Crippen LogP contribution < -0.4 is 0 Å². The maximum Gasteiger partial charge on any atom is 0.303 e. The Morgan fingerprint density at radius 1 is 1.32 bits per heavy atom. The van der Waals surface area contributed by atoms with Gasteiger partial charge < -0.3 is 14.3 Å². The van der Waals surface area contributed by atoms with Gasteiger partial charge >= 0.3 is 5.97 Å². The Hall–Kier alpha value is -1.88. The summed E-state index contributed by atoms with van der Waals surface area (Å²) in [5.74, 6) is 0.356. The fourth-order valence-corrected chi connectivity index (χ4v) is 3.87. The smallest absolute Gasteiger partial charge is 0.303 e. The van der Waals surface area contributed by atoms with Gasteiger partial charge in [-0.15, -0.1) is 0 Å². The molecule has 0 amide bonds. The third-order valence-electron chi connectivity index (χ3n) is 5.01. The topological polar surface area (TPSA) is 63.6 Å². The van der Waals surface area contributed by atoms with Crippen molar-refractivity contribution in [1.82, 2.24) is 0 Å². The molecule has 3 aliphatic heterocycles. The van der Waals surface area contributed by atoms with Crippen molar-refractivity contribution in [3.8, 4) is 5.75 Å². The lowest BCUT2D eigenvalue weighted by Crippen LogP contribution is -2.65. The SMILES string of the molecule is CC(=O)OC1C[N+]2(CC(=O)c3cccc(O)c3)CCC1CC2. The van der Waals surface area contributed by atoms with Crippen molar-refractivity contribution >= 4 is 11.8 Å². The van der Waals surface area contributed by atoms with E-state index in [0.29, 0.717) is 22.5 Å². The van der Waals surface area contributed by atoms with Gasteiger partial charge in [-0.05, 0) is 12.1 Å². The van der Waals surface area contributed by atoms with E-state index in [1.54, 1.807) is 18.2 Å². The first-order chi connectivity index (χ1) is 10.5. The number of phenolic OH excluding ortho intramolecular Hbond substituents is 1. The highest BCUT2D eigenvalue weighted by Gasteiger charge is 2.48. The first-order valence-corrected chi connectivity index (χ1v) is 7.82. The van der Waals surface area contributed by atoms with Crippen molar-refractivity contribution in [1.29, 1.82) is 0 Å². The van der Waals surface area contributed by atoms with Gasteiger partial charge in [-0.1, -0.05) is 12.1 Å². The summed E-state index contributed by atoms with van der Waals surface area (Å²) in [6.07, 6.45) is 1.95. The number of piperidine rings is 3. The highest BCUT2D eigenvalue weighted by atomic mass is 16.5. The fraction of sp³-hybridized carbons (Fsp3) is 0.529. The molecule has 1 N–H and O–H groups in total. The molecule has 3 aliphatic rings. The molecule has 1 aromatic rings. The summed E-state index contributed by atoms with van der Waals surface area (Å²) < 4.78 is 6.15. The Labute approximate surface area is 130 Å². The second-order valence-electron chi connectivity index (χ2n) is 6.59. The molecule has 2 bridgehead atoms. The quantitative estimate of drug-likeness (QED) is 0.523. The number of ketones is 1. The number of hydrogen-bond acceptors (Lipinski definition) is 4. The average Bonchev–Trinajstić information content (AvgIpc) is 2.47. The van der Waals surface area contributed by atoms with Crippen LogP contribution in [0.4, 0.5) is 0 Å². The average molecular weight is 304 g/mol. The first kappa shape index (κ1) is 15.0. The van der Waals surface area contributed by atoms with Gasteiger partial charge in [-0.2, -0.15) is 0 Å². The van der Waals surface area contributed by atoms with Crippen LogP contribution in [0.1, 0.15) is 30.1 Å². The molecule has 4 rings (SSSR count). The zero-order chi connectivity index (χ0) is 15.7. The van der Waals surface area contributed by atoms with Gasteiger partial charge in [-0.25, -0.2) is 0 Å². The number of benzene rings is 1. The molecule has 1 unspecified atom stereocenters. The second kappa shape index (κ2) is 5.72. The summed E-state index contributed by atoms with van der Waals surface area (Å²) >= 11 is 0. The number of aromatic hydroxyl groups is 1. The molecule has 5 heteroatoms. The number of esters is 1. The molecule has 5 nitrogen and oxygen atoms in total. The van der Waals surface area contributed by atoms with E-state index in [0.717, 1.165) is 32.5 Å². The number of carbonyl (C=O) groups is 2. The molecule has 3 saturated heterocycles. The predicted octanol–water partition coefficient (Wildman–Crippen LogP) is 1.75. The van der Waals surface area contributed by atoms with E-state index in [1.807, 2.05) is 0 Å². The first-order valence-electron chi connectivity index (χ1n) is 7.82. The van der Waals surface area contributed by atoms with Crippen molar-refractivity contribution in [2.24, 2.45) is 5.92 Å². The normalized spacial score (nSPS) is 30.0. The van der Waals surface area contributed by atoms with E-state index in [9.17, 15) is 14.7 Å². The minimum Gasteiger partial charge on any atom is -0.508 e. The Balaban J connectivity index is 1.73. The number of carbonyl (C=O) groups excluding carboxylic acids is 2. The molecular weight excluding hydrogens is 282 g/mol. The van der Waals surface area contributed by atoms with Gasteiger partial charge in [0.05, 0.1) is 13.1 Å². The van der Waals surface area contributed by atoms with Crippen LogP contribution in [0.5, 0.6) is 5.75 Å². The summed E-state index contributed by atoms with van der Waals surface area (Å²) in [4.78, 5) is 23.8. The highest BCUT2D eigenvalue weighted by molar-refractivity contribution is 5.97. The van der Waals surface area contributed by atoms with Crippen LogP contribution in [0.15, 0.2) is 24.3 Å². The highest BCUT2D eigenvalue weighted by Crippen LogP contribution is 2.35. The Kier molecular flexibility index (Phi) is 3.91. The van der Waals surface area contributed by atoms with Crippen LogP contribution in [-0.2, 0) is 9.53 Å². The molecule has 3 fully saturated rings. The maximum absolute atomic E-state index is 12.5. The number of quaternary nitrogens is 1. The summed E-state index contributed by atoms with van der Waals surface area (Å²) in [6, 6.07) is 6.50. The third kappa shape index (κ3) is 2.99. The number of rotatable bonds is 4. The van der Waals surface area contributed by atoms with E-state index >= 15 is 0 Å². The molecular formula is C17H22NO4+. The van der Waals surface area contributed by atoms with Crippen LogP contribution in [0.25, 0.3) is 0 Å². The zero-order valence-electron chi connectivity index (χ0n) is 12.8. The molecule has 1 aromatic carbocycles. The van der Waals surface area contributed by atoms with E-state index in [2.05, 4.69) is 0 Å². The third-order valence-corrected chi connectivity index (χ3v) is 5.01. The van der Waals surface area contributed by atoms with Gasteiger partial charge in [0.15, 0.2) is 6.10 Å². The van der Waals surface area contributed by atoms with Crippen LogP contribution >= 0.6 is 0 Å². The zero-order valence-corrected chi connectivity index (χ0v) is 12.8. The molecule has 0 aliphatic carbocycles. The Morgan fingerprint density at radius 2 is 2.05 bits per heavy atom. The minimum absolute atomic E-state index is 0.0397. The molecule has 1 atom stereocenters. The number of hydrogen-bond donors (Lipinski definition) is 1. The standard InChI is InChI=1S/C17H21NO4/c1-12(19)22-17-11-18(7-5-13(17)6-8-18)10-16(21)14-3-2-4-15(20)9-14/h2-4,9,13,17H,5-8,10-11H2,1H3/p+1. The van der Waals surface area contributed by atoms with Gasteiger partial charge in [0.1, 0.15) is 18.8 Å². The molecule has 0 saturated carbocycles. The van der Waals surface area contributed by atoms with E-state index in [4.69, 9.17) is 4.74 Å². The summed E-state index contributed by atoms with van der Waals surface area (Å²) in [5.41, 5.74) is 0.546. The lowest BCUT2D eigenvalue weighted by atomic mass is 9.83. The largest absolute Gasteiger partial charge is 0.508 e. The van der Waals surface area contributed by atoms with Crippen LogP contribution in [0.3, 0.4) is 0 Å². The molecule has 118 valence electrons. The fourth-order valence-electron chi connectivity index (χ4n) is 3.87. The number of fused-ring (bicyclic) bond motifs is 3. The van der Waals surface area contributed by atoms with Gasteiger partial charge in [-0.3, -0.25) is 9.59 Å². The second-order valence-corrected chi connectivity index (χ2v) is 6.59. The van der Waals surface area contributed by atoms with Gasteiger partial charge in [0, 0.05) is 31.2 Å². The lowest BCUT2D eigenvalue weighted by Gasteiger charge is -2.51. The van der Waals surface area contributed by atoms with E-state index < -0.39 is 0 Å². The van der Waals surface area contributed by atoms with Crippen molar-refractivity contribution in [3.63, 3.8) is 0 Å². The molecule has 3 heterocycles. The number of nitrogens with zero attached hydrogens (tertiary/aromatic N) is 1. The summed E-state index contributed by atoms with van der Waals surface area (Å²) in [7, 11) is 0. The van der Waals surface area contributed by atoms with Crippen molar-refractivity contribution in [3.05, 3.63) is 29.8 Å². The van der Waals surface area contributed by atoms with Crippen molar-refractivity contribution in [2.75, 3.05) is 26.2 Å². The summed E-state index contributed by atoms with van der Waals surface area (Å²) in [6.45, 7) is 4.52. The monoisotopic (exact) mass is 304 g/mol. The van der Waals surface area contributed by atoms with Gasteiger partial charge in [0.25, 0.3) is 0 Å². The van der Waals surface area contributed by atoms with Crippen LogP contribution in [0.2, 0.25) is 0 Å². The number of ether oxygens (including phenoxy) is 1. The minimum atomic E-state index is -0.240.